The van der Waals surface area contributed by atoms with E-state index in [0.717, 1.165) is 11.1 Å². The summed E-state index contributed by atoms with van der Waals surface area (Å²) in [5.41, 5.74) is 6.54. The van der Waals surface area contributed by atoms with E-state index in [9.17, 15) is 4.39 Å². The van der Waals surface area contributed by atoms with Crippen molar-refractivity contribution in [1.82, 2.24) is 0 Å². The van der Waals surface area contributed by atoms with Crippen LogP contribution in [0.4, 0.5) is 4.39 Å². The second kappa shape index (κ2) is 6.00. The van der Waals surface area contributed by atoms with Gasteiger partial charge >= 0.3 is 0 Å². The van der Waals surface area contributed by atoms with Crippen molar-refractivity contribution in [2.45, 2.75) is 25.2 Å². The van der Waals surface area contributed by atoms with Crippen LogP contribution in [0.1, 0.15) is 35.4 Å². The third kappa shape index (κ3) is 2.79. The molecule has 0 aliphatic heterocycles. The molecule has 0 spiro atoms. The van der Waals surface area contributed by atoms with Gasteiger partial charge in [-0.25, -0.2) is 4.39 Å². The van der Waals surface area contributed by atoms with Crippen LogP contribution in [0.5, 0.6) is 0 Å². The second-order valence-corrected chi connectivity index (χ2v) is 6.28. The van der Waals surface area contributed by atoms with Gasteiger partial charge in [0.1, 0.15) is 5.82 Å². The fraction of sp³-hybridized carbons (Fsp3) is 0.182. The molecule has 0 N–H and O–H groups in total. The van der Waals surface area contributed by atoms with Crippen molar-refractivity contribution in [3.63, 3.8) is 0 Å². The quantitative estimate of drug-likeness (QED) is 0.548. The lowest BCUT2D eigenvalue weighted by Gasteiger charge is -2.26. The molecule has 1 aliphatic rings. The van der Waals surface area contributed by atoms with Crippen LogP contribution in [0.3, 0.4) is 0 Å². The first-order valence-corrected chi connectivity index (χ1v) is 8.25. The molecule has 0 aromatic heterocycles. The number of rotatable bonds is 2. The minimum absolute atomic E-state index is 0.189. The Balaban J connectivity index is 1.74. The van der Waals surface area contributed by atoms with Crippen LogP contribution in [0.15, 0.2) is 72.8 Å². The van der Waals surface area contributed by atoms with Crippen molar-refractivity contribution in [3.8, 4) is 11.1 Å². The molecule has 0 fully saturated rings. The minimum Gasteiger partial charge on any atom is -0.207 e. The van der Waals surface area contributed by atoms with Crippen molar-refractivity contribution in [3.05, 3.63) is 95.3 Å². The lowest BCUT2D eigenvalue weighted by Crippen LogP contribution is -2.10. The van der Waals surface area contributed by atoms with Gasteiger partial charge in [-0.2, -0.15) is 0 Å². The smallest absolute Gasteiger partial charge is 0.123 e. The fourth-order valence-electron chi connectivity index (χ4n) is 3.68. The van der Waals surface area contributed by atoms with Crippen LogP contribution in [-0.4, -0.2) is 0 Å². The van der Waals surface area contributed by atoms with Crippen LogP contribution >= 0.6 is 0 Å². The highest BCUT2D eigenvalue weighted by molar-refractivity contribution is 5.64. The second-order valence-electron chi connectivity index (χ2n) is 6.28. The molecule has 3 aromatic carbocycles. The fourth-order valence-corrected chi connectivity index (χ4v) is 3.68. The molecule has 0 radical (unpaired) electrons. The molecule has 0 heterocycles. The van der Waals surface area contributed by atoms with Gasteiger partial charge in [-0.1, -0.05) is 60.7 Å². The maximum absolute atomic E-state index is 13.1. The summed E-state index contributed by atoms with van der Waals surface area (Å²) in [5, 5.41) is 0. The highest BCUT2D eigenvalue weighted by atomic mass is 19.1. The number of aryl methyl sites for hydroxylation is 1. The van der Waals surface area contributed by atoms with Crippen LogP contribution in [0, 0.1) is 5.82 Å². The summed E-state index contributed by atoms with van der Waals surface area (Å²) in [4.78, 5) is 0. The largest absolute Gasteiger partial charge is 0.207 e. The Morgan fingerprint density at radius 1 is 0.783 bits per heavy atom. The maximum Gasteiger partial charge on any atom is 0.123 e. The average Bonchev–Trinajstić information content (AvgIpc) is 2.62. The normalized spacial score (nSPS) is 16.8. The van der Waals surface area contributed by atoms with Crippen molar-refractivity contribution in [1.29, 1.82) is 0 Å². The standard InChI is InChI=1S/C22H19F/c23-20-13-11-16(12-14-20)18-7-3-8-19(15-18)22-10-4-6-17-5-1-2-9-21(17)22/h1-3,5,7-9,11-15,22H,4,6,10H2/t22-/m1/s1. The molecule has 1 atom stereocenters. The third-order valence-electron chi connectivity index (χ3n) is 4.84. The van der Waals surface area contributed by atoms with E-state index in [1.54, 1.807) is 0 Å². The molecule has 1 heteroatoms. The molecular weight excluding hydrogens is 283 g/mol. The highest BCUT2D eigenvalue weighted by Gasteiger charge is 2.21. The molecule has 3 aromatic rings. The number of benzene rings is 3. The Bertz CT molecular complexity index is 817. The average molecular weight is 302 g/mol. The molecule has 0 unspecified atom stereocenters. The van der Waals surface area contributed by atoms with Gasteiger partial charge in [-0.3, -0.25) is 0 Å². The number of hydrogen-bond donors (Lipinski definition) is 0. The summed E-state index contributed by atoms with van der Waals surface area (Å²) in [6.07, 6.45) is 3.62. The minimum atomic E-state index is -0.189. The van der Waals surface area contributed by atoms with E-state index in [0.29, 0.717) is 5.92 Å². The van der Waals surface area contributed by atoms with Gasteiger partial charge in [0, 0.05) is 5.92 Å². The van der Waals surface area contributed by atoms with Crippen LogP contribution in [-0.2, 0) is 6.42 Å². The van der Waals surface area contributed by atoms with Crippen LogP contribution in [0.2, 0.25) is 0 Å². The van der Waals surface area contributed by atoms with Gasteiger partial charge in [-0.05, 0) is 59.2 Å². The topological polar surface area (TPSA) is 0 Å². The van der Waals surface area contributed by atoms with E-state index >= 15 is 0 Å². The summed E-state index contributed by atoms with van der Waals surface area (Å²) in [6, 6.07) is 24.3. The van der Waals surface area contributed by atoms with E-state index in [1.165, 1.54) is 48.1 Å². The SMILES string of the molecule is Fc1ccc(-c2cccc([C@H]3CCCc4ccccc43)c2)cc1. The van der Waals surface area contributed by atoms with Gasteiger partial charge in [0.2, 0.25) is 0 Å². The van der Waals surface area contributed by atoms with Gasteiger partial charge in [0.05, 0.1) is 0 Å². The zero-order valence-corrected chi connectivity index (χ0v) is 13.0. The number of hydrogen-bond acceptors (Lipinski definition) is 0. The van der Waals surface area contributed by atoms with E-state index in [4.69, 9.17) is 0 Å². The van der Waals surface area contributed by atoms with Gasteiger partial charge in [-0.15, -0.1) is 0 Å². The molecule has 0 bridgehead atoms. The first-order valence-electron chi connectivity index (χ1n) is 8.25. The molecular formula is C22H19F. The monoisotopic (exact) mass is 302 g/mol. The summed E-state index contributed by atoms with van der Waals surface area (Å²) in [5.74, 6) is 0.284. The first kappa shape index (κ1) is 14.2. The van der Waals surface area contributed by atoms with Crippen molar-refractivity contribution < 1.29 is 4.39 Å². The van der Waals surface area contributed by atoms with Gasteiger partial charge in [0.15, 0.2) is 0 Å². The Morgan fingerprint density at radius 3 is 2.48 bits per heavy atom. The first-order chi connectivity index (χ1) is 11.3. The maximum atomic E-state index is 13.1. The zero-order chi connectivity index (χ0) is 15.6. The van der Waals surface area contributed by atoms with Gasteiger partial charge < -0.3 is 0 Å². The number of halogens is 1. The Labute approximate surface area is 136 Å². The van der Waals surface area contributed by atoms with E-state index < -0.39 is 0 Å². The van der Waals surface area contributed by atoms with Crippen molar-refractivity contribution >= 4 is 0 Å². The van der Waals surface area contributed by atoms with E-state index in [2.05, 4.69) is 48.5 Å². The molecule has 0 saturated heterocycles. The van der Waals surface area contributed by atoms with Crippen LogP contribution < -0.4 is 0 Å². The zero-order valence-electron chi connectivity index (χ0n) is 13.0. The van der Waals surface area contributed by atoms with Gasteiger partial charge in [0.25, 0.3) is 0 Å². The van der Waals surface area contributed by atoms with Crippen molar-refractivity contribution in [2.75, 3.05) is 0 Å². The Hall–Kier alpha value is -2.41. The number of fused-ring (bicyclic) bond motifs is 1. The molecule has 0 saturated carbocycles. The highest BCUT2D eigenvalue weighted by Crippen LogP contribution is 2.37. The molecule has 4 rings (SSSR count). The molecule has 0 amide bonds. The molecule has 0 nitrogen and oxygen atoms in total. The predicted octanol–water partition coefficient (Wildman–Crippen LogP) is 5.96. The lowest BCUT2D eigenvalue weighted by molar-refractivity contribution is 0.616. The summed E-state index contributed by atoms with van der Waals surface area (Å²) < 4.78 is 13.1. The van der Waals surface area contributed by atoms with Crippen molar-refractivity contribution in [2.24, 2.45) is 0 Å². The summed E-state index contributed by atoms with van der Waals surface area (Å²) in [6.45, 7) is 0. The Kier molecular flexibility index (Phi) is 3.70. The van der Waals surface area contributed by atoms with E-state index in [-0.39, 0.29) is 5.82 Å². The molecule has 1 aliphatic carbocycles. The summed E-state index contributed by atoms with van der Waals surface area (Å²) >= 11 is 0. The molecule has 114 valence electrons. The van der Waals surface area contributed by atoms with Crippen LogP contribution in [0.25, 0.3) is 11.1 Å². The van der Waals surface area contributed by atoms with E-state index in [1.807, 2.05) is 12.1 Å². The predicted molar refractivity (Wildman–Crippen MR) is 93.1 cm³/mol. The Morgan fingerprint density at radius 2 is 1.61 bits per heavy atom. The molecule has 23 heavy (non-hydrogen) atoms. The summed E-state index contributed by atoms with van der Waals surface area (Å²) in [7, 11) is 0. The third-order valence-corrected chi connectivity index (χ3v) is 4.84. The lowest BCUT2D eigenvalue weighted by atomic mass is 9.78.